The molecule has 0 fully saturated rings. The topological polar surface area (TPSA) is 104 Å². The zero-order chi connectivity index (χ0) is 18.8. The number of aryl methyl sites for hydroxylation is 1. The molecular formula is C19H19N7O. The second kappa shape index (κ2) is 6.91. The van der Waals surface area contributed by atoms with E-state index in [0.29, 0.717) is 29.6 Å². The summed E-state index contributed by atoms with van der Waals surface area (Å²) in [6.45, 7) is 2.49. The second-order valence-electron chi connectivity index (χ2n) is 6.00. The maximum atomic E-state index is 5.92. The fourth-order valence-corrected chi connectivity index (χ4v) is 2.81. The monoisotopic (exact) mass is 361 g/mol. The van der Waals surface area contributed by atoms with Gasteiger partial charge in [-0.25, -0.2) is 15.0 Å². The highest BCUT2D eigenvalue weighted by Gasteiger charge is 2.10. The van der Waals surface area contributed by atoms with Crippen LogP contribution in [0.4, 0.5) is 17.5 Å². The number of rotatable bonds is 5. The Labute approximate surface area is 156 Å². The third-order valence-electron chi connectivity index (χ3n) is 4.09. The minimum Gasteiger partial charge on any atom is -0.492 e. The first-order valence-electron chi connectivity index (χ1n) is 8.54. The Balaban J connectivity index is 1.69. The van der Waals surface area contributed by atoms with Crippen molar-refractivity contribution in [1.82, 2.24) is 24.7 Å². The highest BCUT2D eigenvalue weighted by Crippen LogP contribution is 2.32. The number of hydrogen-bond donors (Lipinski definition) is 2. The molecule has 0 unspecified atom stereocenters. The van der Waals surface area contributed by atoms with Crippen LogP contribution in [0.15, 0.2) is 49.1 Å². The maximum Gasteiger partial charge on any atom is 0.227 e. The number of ether oxygens (including phenoxy) is 1. The number of anilines is 3. The Bertz CT molecular complexity index is 1110. The van der Waals surface area contributed by atoms with Crippen LogP contribution in [-0.4, -0.2) is 31.3 Å². The summed E-state index contributed by atoms with van der Waals surface area (Å²) >= 11 is 0. The summed E-state index contributed by atoms with van der Waals surface area (Å²) in [5.74, 6) is 1.51. The van der Waals surface area contributed by atoms with E-state index >= 15 is 0 Å². The molecule has 136 valence electrons. The molecule has 0 atom stereocenters. The number of aromatic nitrogens is 5. The predicted octanol–water partition coefficient (Wildman–Crippen LogP) is 3.15. The summed E-state index contributed by atoms with van der Waals surface area (Å²) in [4.78, 5) is 12.9. The van der Waals surface area contributed by atoms with E-state index in [2.05, 4.69) is 25.4 Å². The summed E-state index contributed by atoms with van der Waals surface area (Å²) in [5.41, 5.74) is 9.34. The van der Waals surface area contributed by atoms with Gasteiger partial charge in [-0.05, 0) is 30.7 Å². The average Bonchev–Trinajstić information content (AvgIpc) is 3.10. The van der Waals surface area contributed by atoms with Crippen molar-refractivity contribution < 1.29 is 4.74 Å². The van der Waals surface area contributed by atoms with E-state index in [9.17, 15) is 0 Å². The molecule has 0 aliphatic carbocycles. The number of nitrogens with two attached hydrogens (primary N) is 1. The molecule has 3 aromatic heterocycles. The number of nitrogens with one attached hydrogen (secondary N) is 1. The minimum atomic E-state index is 0.370. The molecule has 0 saturated carbocycles. The van der Waals surface area contributed by atoms with Crippen LogP contribution >= 0.6 is 0 Å². The van der Waals surface area contributed by atoms with E-state index < -0.39 is 0 Å². The van der Waals surface area contributed by atoms with Crippen LogP contribution in [0.5, 0.6) is 5.75 Å². The van der Waals surface area contributed by atoms with Crippen molar-refractivity contribution in [3.63, 3.8) is 0 Å². The smallest absolute Gasteiger partial charge is 0.227 e. The quantitative estimate of drug-likeness (QED) is 0.563. The van der Waals surface area contributed by atoms with Crippen molar-refractivity contribution in [2.45, 2.75) is 6.92 Å². The largest absolute Gasteiger partial charge is 0.492 e. The van der Waals surface area contributed by atoms with E-state index in [0.717, 1.165) is 22.2 Å². The lowest BCUT2D eigenvalue weighted by atomic mass is 10.1. The summed E-state index contributed by atoms with van der Waals surface area (Å²) in [7, 11) is 1.89. The molecule has 27 heavy (non-hydrogen) atoms. The van der Waals surface area contributed by atoms with Gasteiger partial charge >= 0.3 is 0 Å². The number of hydrogen-bond acceptors (Lipinski definition) is 7. The fourth-order valence-electron chi connectivity index (χ4n) is 2.81. The van der Waals surface area contributed by atoms with Crippen molar-refractivity contribution in [3.8, 4) is 16.9 Å². The maximum absolute atomic E-state index is 5.92. The molecule has 3 N–H and O–H groups in total. The number of benzene rings is 1. The highest BCUT2D eigenvalue weighted by atomic mass is 16.5. The highest BCUT2D eigenvalue weighted by molar-refractivity contribution is 5.87. The zero-order valence-electron chi connectivity index (χ0n) is 15.0. The van der Waals surface area contributed by atoms with Gasteiger partial charge in [0.15, 0.2) is 0 Å². The Kier molecular flexibility index (Phi) is 4.29. The van der Waals surface area contributed by atoms with Gasteiger partial charge in [-0.1, -0.05) is 6.07 Å². The molecule has 4 aromatic rings. The SMILES string of the molecule is CCOc1cc(-c2cnn(C)c2)ccc1Nc1ncc2ccnc(N)c2n1. The van der Waals surface area contributed by atoms with Crippen molar-refractivity contribution >= 4 is 28.4 Å². The van der Waals surface area contributed by atoms with Crippen LogP contribution in [0.1, 0.15) is 6.92 Å². The molecule has 0 spiro atoms. The lowest BCUT2D eigenvalue weighted by molar-refractivity contribution is 0.342. The molecule has 0 aliphatic heterocycles. The average molecular weight is 361 g/mol. The lowest BCUT2D eigenvalue weighted by Gasteiger charge is -2.13. The van der Waals surface area contributed by atoms with Gasteiger partial charge in [-0.3, -0.25) is 4.68 Å². The summed E-state index contributed by atoms with van der Waals surface area (Å²) < 4.78 is 7.57. The van der Waals surface area contributed by atoms with Crippen LogP contribution < -0.4 is 15.8 Å². The van der Waals surface area contributed by atoms with Crippen LogP contribution in [0, 0.1) is 0 Å². The predicted molar refractivity (Wildman–Crippen MR) is 105 cm³/mol. The van der Waals surface area contributed by atoms with Crippen molar-refractivity contribution in [3.05, 3.63) is 49.1 Å². The first-order valence-corrected chi connectivity index (χ1v) is 8.54. The van der Waals surface area contributed by atoms with Crippen LogP contribution in [0.2, 0.25) is 0 Å². The van der Waals surface area contributed by atoms with E-state index in [-0.39, 0.29) is 0 Å². The van der Waals surface area contributed by atoms with Gasteiger partial charge in [-0.15, -0.1) is 0 Å². The summed E-state index contributed by atoms with van der Waals surface area (Å²) in [6.07, 6.45) is 7.13. The van der Waals surface area contributed by atoms with E-state index in [4.69, 9.17) is 10.5 Å². The first kappa shape index (κ1) is 16.8. The minimum absolute atomic E-state index is 0.370. The normalized spacial score (nSPS) is 10.9. The number of pyridine rings is 1. The van der Waals surface area contributed by atoms with Crippen LogP contribution in [0.25, 0.3) is 22.0 Å². The number of fused-ring (bicyclic) bond motifs is 1. The van der Waals surface area contributed by atoms with Crippen molar-refractivity contribution in [2.24, 2.45) is 7.05 Å². The van der Waals surface area contributed by atoms with E-state index in [1.807, 2.05) is 50.6 Å². The van der Waals surface area contributed by atoms with Gasteiger partial charge in [0.25, 0.3) is 0 Å². The molecule has 1 aromatic carbocycles. The van der Waals surface area contributed by atoms with Crippen molar-refractivity contribution in [1.29, 1.82) is 0 Å². The Morgan fingerprint density at radius 3 is 2.81 bits per heavy atom. The molecule has 0 amide bonds. The first-order chi connectivity index (χ1) is 13.1. The molecule has 0 aliphatic rings. The third kappa shape index (κ3) is 3.37. The molecule has 0 radical (unpaired) electrons. The number of nitrogens with zero attached hydrogens (tertiary/aromatic N) is 5. The molecule has 3 heterocycles. The summed E-state index contributed by atoms with van der Waals surface area (Å²) in [6, 6.07) is 7.73. The Morgan fingerprint density at radius 2 is 2.04 bits per heavy atom. The van der Waals surface area contributed by atoms with Crippen molar-refractivity contribution in [2.75, 3.05) is 17.7 Å². The molecule has 8 nitrogen and oxygen atoms in total. The van der Waals surface area contributed by atoms with Gasteiger partial charge in [0.05, 0.1) is 18.5 Å². The molecule has 0 saturated heterocycles. The second-order valence-corrected chi connectivity index (χ2v) is 6.00. The van der Waals surface area contributed by atoms with Gasteiger partial charge in [0.2, 0.25) is 5.95 Å². The Morgan fingerprint density at radius 1 is 1.15 bits per heavy atom. The Hall–Kier alpha value is -3.68. The fraction of sp³-hybridized carbons (Fsp3) is 0.158. The number of nitrogen functional groups attached to an aromatic ring is 1. The van der Waals surface area contributed by atoms with Gasteiger partial charge in [0.1, 0.15) is 17.1 Å². The molecule has 0 bridgehead atoms. The molecule has 4 rings (SSSR count). The van der Waals surface area contributed by atoms with Gasteiger partial charge in [0, 0.05) is 36.6 Å². The standard InChI is InChI=1S/C19H19N7O/c1-3-27-16-8-12(14-10-23-26(2)11-14)4-5-15(16)24-19-22-9-13-6-7-21-18(20)17(13)25-19/h4-11H,3H2,1-2H3,(H2,20,21)(H,22,24,25). The van der Waals surface area contributed by atoms with Crippen LogP contribution in [0.3, 0.4) is 0 Å². The van der Waals surface area contributed by atoms with E-state index in [1.54, 1.807) is 17.1 Å². The zero-order valence-corrected chi connectivity index (χ0v) is 15.0. The van der Waals surface area contributed by atoms with E-state index in [1.165, 1.54) is 0 Å². The van der Waals surface area contributed by atoms with Gasteiger partial charge < -0.3 is 15.8 Å². The lowest BCUT2D eigenvalue weighted by Crippen LogP contribution is -2.02. The molecular weight excluding hydrogens is 342 g/mol. The van der Waals surface area contributed by atoms with Crippen LogP contribution in [-0.2, 0) is 7.05 Å². The summed E-state index contributed by atoms with van der Waals surface area (Å²) in [5, 5.41) is 8.27. The van der Waals surface area contributed by atoms with Gasteiger partial charge in [-0.2, -0.15) is 5.10 Å². The molecule has 8 heteroatoms. The third-order valence-corrected chi connectivity index (χ3v) is 4.09.